The van der Waals surface area contributed by atoms with Crippen molar-refractivity contribution in [1.29, 1.82) is 0 Å². The van der Waals surface area contributed by atoms with Crippen LogP contribution in [0.4, 0.5) is 0 Å². The molecule has 0 amide bonds. The summed E-state index contributed by atoms with van der Waals surface area (Å²) in [7, 11) is 0. The molecule has 0 bridgehead atoms. The van der Waals surface area contributed by atoms with Crippen LogP contribution in [-0.4, -0.2) is 17.4 Å². The summed E-state index contributed by atoms with van der Waals surface area (Å²) >= 11 is 5.87. The van der Waals surface area contributed by atoms with Crippen molar-refractivity contribution in [1.82, 2.24) is 4.98 Å². The summed E-state index contributed by atoms with van der Waals surface area (Å²) in [5.41, 5.74) is 1.47. The molecule has 0 N–H and O–H groups in total. The highest BCUT2D eigenvalue weighted by molar-refractivity contribution is 6.30. The van der Waals surface area contributed by atoms with Gasteiger partial charge in [0.1, 0.15) is 5.75 Å². The van der Waals surface area contributed by atoms with Gasteiger partial charge < -0.3 is 4.74 Å². The third kappa shape index (κ3) is 3.20. The van der Waals surface area contributed by atoms with Crippen molar-refractivity contribution in [2.24, 2.45) is 0 Å². The fourth-order valence-electron chi connectivity index (χ4n) is 2.04. The van der Waals surface area contributed by atoms with E-state index < -0.39 is 0 Å². The number of hydrogen-bond acceptors (Lipinski definition) is 3. The molecule has 0 atom stereocenters. The van der Waals surface area contributed by atoms with Crippen LogP contribution in [0.15, 0.2) is 60.8 Å². The molecule has 1 aromatic heterocycles. The largest absolute Gasteiger partial charge is 0.485 e. The highest BCUT2D eigenvalue weighted by Crippen LogP contribution is 2.18. The Balaban J connectivity index is 1.74. The van der Waals surface area contributed by atoms with Crippen molar-refractivity contribution >= 4 is 28.3 Å². The predicted molar refractivity (Wildman–Crippen MR) is 83.0 cm³/mol. The Morgan fingerprint density at radius 1 is 1.10 bits per heavy atom. The number of pyridine rings is 1. The number of carbonyl (C=O) groups excluding carboxylic acids is 1. The van der Waals surface area contributed by atoms with E-state index in [9.17, 15) is 4.79 Å². The summed E-state index contributed by atoms with van der Waals surface area (Å²) in [6, 6.07) is 16.2. The van der Waals surface area contributed by atoms with E-state index >= 15 is 0 Å². The number of Topliss-reactive ketones (excluding diaryl/α,β-unsaturated/α-hetero) is 1. The van der Waals surface area contributed by atoms with Gasteiger partial charge in [-0.15, -0.1) is 0 Å². The highest BCUT2D eigenvalue weighted by atomic mass is 35.5. The molecule has 0 spiro atoms. The van der Waals surface area contributed by atoms with Gasteiger partial charge in [0.05, 0.1) is 5.52 Å². The van der Waals surface area contributed by atoms with Gasteiger partial charge >= 0.3 is 0 Å². The van der Waals surface area contributed by atoms with E-state index in [0.717, 1.165) is 10.9 Å². The molecular formula is C17H12ClNO2. The van der Waals surface area contributed by atoms with Crippen LogP contribution in [0.5, 0.6) is 5.75 Å². The van der Waals surface area contributed by atoms with Crippen molar-refractivity contribution in [2.75, 3.05) is 6.61 Å². The predicted octanol–water partition coefficient (Wildman–Crippen LogP) is 4.15. The van der Waals surface area contributed by atoms with Crippen LogP contribution in [0.25, 0.3) is 10.9 Å². The van der Waals surface area contributed by atoms with E-state index in [2.05, 4.69) is 4.98 Å². The van der Waals surface area contributed by atoms with Crippen molar-refractivity contribution in [3.63, 3.8) is 0 Å². The first-order valence-electron chi connectivity index (χ1n) is 6.49. The Hall–Kier alpha value is -2.39. The van der Waals surface area contributed by atoms with Crippen molar-refractivity contribution in [3.05, 3.63) is 71.4 Å². The molecule has 0 saturated heterocycles. The SMILES string of the molecule is O=C(COc1cccc(Cl)c1)c1ccc2ncccc2c1. The normalized spacial score (nSPS) is 10.5. The molecule has 3 rings (SSSR count). The maximum absolute atomic E-state index is 12.2. The number of carbonyl (C=O) groups is 1. The number of fused-ring (bicyclic) bond motifs is 1. The highest BCUT2D eigenvalue weighted by Gasteiger charge is 2.08. The Morgan fingerprint density at radius 2 is 2.00 bits per heavy atom. The van der Waals surface area contributed by atoms with Gasteiger partial charge in [-0.3, -0.25) is 9.78 Å². The first kappa shape index (κ1) is 13.6. The zero-order valence-corrected chi connectivity index (χ0v) is 11.9. The van der Waals surface area contributed by atoms with E-state index in [4.69, 9.17) is 16.3 Å². The first-order valence-corrected chi connectivity index (χ1v) is 6.86. The van der Waals surface area contributed by atoms with Gasteiger partial charge in [-0.1, -0.05) is 23.7 Å². The number of aromatic nitrogens is 1. The summed E-state index contributed by atoms with van der Waals surface area (Å²) in [5, 5.41) is 1.52. The van der Waals surface area contributed by atoms with Gasteiger partial charge in [0.2, 0.25) is 0 Å². The summed E-state index contributed by atoms with van der Waals surface area (Å²) in [6.45, 7) is -0.0217. The molecule has 21 heavy (non-hydrogen) atoms. The number of halogens is 1. The molecular weight excluding hydrogens is 286 g/mol. The van der Waals surface area contributed by atoms with Crippen LogP contribution in [0.1, 0.15) is 10.4 Å². The Morgan fingerprint density at radius 3 is 2.86 bits per heavy atom. The average Bonchev–Trinajstić information content (AvgIpc) is 2.52. The number of hydrogen-bond donors (Lipinski definition) is 0. The molecule has 0 aliphatic rings. The number of nitrogens with zero attached hydrogens (tertiary/aromatic N) is 1. The second kappa shape index (κ2) is 5.94. The zero-order chi connectivity index (χ0) is 14.7. The van der Waals surface area contributed by atoms with E-state index in [1.54, 1.807) is 36.5 Å². The van der Waals surface area contributed by atoms with Gasteiger partial charge in [0, 0.05) is 22.2 Å². The van der Waals surface area contributed by atoms with Gasteiger partial charge in [0.25, 0.3) is 0 Å². The van der Waals surface area contributed by atoms with Crippen molar-refractivity contribution in [2.45, 2.75) is 0 Å². The van der Waals surface area contributed by atoms with Crippen molar-refractivity contribution in [3.8, 4) is 5.75 Å². The third-order valence-electron chi connectivity index (χ3n) is 3.09. The monoisotopic (exact) mass is 297 g/mol. The second-order valence-corrected chi connectivity index (χ2v) is 5.02. The molecule has 0 radical (unpaired) electrons. The lowest BCUT2D eigenvalue weighted by Gasteiger charge is -2.06. The molecule has 0 saturated carbocycles. The quantitative estimate of drug-likeness (QED) is 0.679. The van der Waals surface area contributed by atoms with Crippen LogP contribution in [0.2, 0.25) is 5.02 Å². The standard InChI is InChI=1S/C17H12ClNO2/c18-14-4-1-5-15(10-14)21-11-17(20)13-6-7-16-12(9-13)3-2-8-19-16/h1-10H,11H2. The second-order valence-electron chi connectivity index (χ2n) is 4.58. The molecule has 0 aliphatic heterocycles. The maximum Gasteiger partial charge on any atom is 0.200 e. The summed E-state index contributed by atoms with van der Waals surface area (Å²) < 4.78 is 5.47. The minimum absolute atomic E-state index is 0.0217. The van der Waals surface area contributed by atoms with Crippen LogP contribution in [0, 0.1) is 0 Å². The maximum atomic E-state index is 12.2. The number of ether oxygens (including phenoxy) is 1. The molecule has 0 fully saturated rings. The van der Waals surface area contributed by atoms with E-state index in [1.165, 1.54) is 0 Å². The molecule has 104 valence electrons. The first-order chi connectivity index (χ1) is 10.2. The lowest BCUT2D eigenvalue weighted by atomic mass is 10.1. The van der Waals surface area contributed by atoms with Crippen LogP contribution in [0.3, 0.4) is 0 Å². The van der Waals surface area contributed by atoms with E-state index in [1.807, 2.05) is 24.3 Å². The summed E-state index contributed by atoms with van der Waals surface area (Å²) in [6.07, 6.45) is 1.73. The van der Waals surface area contributed by atoms with Crippen LogP contribution >= 0.6 is 11.6 Å². The molecule has 3 nitrogen and oxygen atoms in total. The number of ketones is 1. The lowest BCUT2D eigenvalue weighted by molar-refractivity contribution is 0.0921. The fourth-order valence-corrected chi connectivity index (χ4v) is 2.22. The zero-order valence-electron chi connectivity index (χ0n) is 11.1. The number of rotatable bonds is 4. The number of benzene rings is 2. The molecule has 2 aromatic carbocycles. The molecule has 4 heteroatoms. The Kier molecular flexibility index (Phi) is 3.84. The van der Waals surface area contributed by atoms with Crippen molar-refractivity contribution < 1.29 is 9.53 Å². The van der Waals surface area contributed by atoms with E-state index in [0.29, 0.717) is 16.3 Å². The smallest absolute Gasteiger partial charge is 0.200 e. The molecule has 3 aromatic rings. The minimum Gasteiger partial charge on any atom is -0.485 e. The van der Waals surface area contributed by atoms with Gasteiger partial charge in [-0.2, -0.15) is 0 Å². The Labute approximate surface area is 127 Å². The van der Waals surface area contributed by atoms with Crippen LogP contribution < -0.4 is 4.74 Å². The average molecular weight is 298 g/mol. The topological polar surface area (TPSA) is 39.2 Å². The molecule has 0 unspecified atom stereocenters. The summed E-state index contributed by atoms with van der Waals surface area (Å²) in [5.74, 6) is 0.499. The Bertz CT molecular complexity index is 801. The molecule has 1 heterocycles. The van der Waals surface area contributed by atoms with Gasteiger partial charge in [-0.25, -0.2) is 0 Å². The van der Waals surface area contributed by atoms with Crippen LogP contribution in [-0.2, 0) is 0 Å². The van der Waals surface area contributed by atoms with E-state index in [-0.39, 0.29) is 12.4 Å². The lowest BCUT2D eigenvalue weighted by Crippen LogP contribution is -2.11. The fraction of sp³-hybridized carbons (Fsp3) is 0.0588. The molecule has 0 aliphatic carbocycles. The minimum atomic E-state index is -0.0827. The third-order valence-corrected chi connectivity index (χ3v) is 3.33. The van der Waals surface area contributed by atoms with Gasteiger partial charge in [0.15, 0.2) is 12.4 Å². The van der Waals surface area contributed by atoms with Gasteiger partial charge in [-0.05, 0) is 42.5 Å². The summed E-state index contributed by atoms with van der Waals surface area (Å²) in [4.78, 5) is 16.4.